The van der Waals surface area contributed by atoms with E-state index < -0.39 is 17.7 Å². The zero-order chi connectivity index (χ0) is 25.8. The van der Waals surface area contributed by atoms with Crippen molar-refractivity contribution in [1.29, 1.82) is 0 Å². The first kappa shape index (κ1) is 25.0. The molecule has 1 atom stereocenters. The highest BCUT2D eigenvalue weighted by Gasteiger charge is 2.46. The van der Waals surface area contributed by atoms with Crippen LogP contribution in [0, 0.1) is 12.8 Å². The van der Waals surface area contributed by atoms with Gasteiger partial charge in [0, 0.05) is 12.1 Å². The van der Waals surface area contributed by atoms with Gasteiger partial charge in [-0.05, 0) is 60.4 Å². The Morgan fingerprint density at radius 3 is 2.36 bits per heavy atom. The van der Waals surface area contributed by atoms with Crippen LogP contribution in [0.25, 0.3) is 5.76 Å². The molecular formula is C30H31NO5. The van der Waals surface area contributed by atoms with Gasteiger partial charge in [0.2, 0.25) is 0 Å². The number of aryl methyl sites for hydroxylation is 1. The minimum Gasteiger partial charge on any atom is -0.507 e. The van der Waals surface area contributed by atoms with E-state index in [4.69, 9.17) is 9.47 Å². The molecule has 0 spiro atoms. The maximum atomic E-state index is 13.3. The van der Waals surface area contributed by atoms with E-state index in [0.717, 1.165) is 16.7 Å². The summed E-state index contributed by atoms with van der Waals surface area (Å²) in [6, 6.07) is 21.2. The Hall–Kier alpha value is -4.06. The Morgan fingerprint density at radius 1 is 0.972 bits per heavy atom. The monoisotopic (exact) mass is 485 g/mol. The lowest BCUT2D eigenvalue weighted by Gasteiger charge is -2.26. The number of hydrogen-bond acceptors (Lipinski definition) is 5. The van der Waals surface area contributed by atoms with Crippen molar-refractivity contribution < 1.29 is 24.2 Å². The molecule has 36 heavy (non-hydrogen) atoms. The summed E-state index contributed by atoms with van der Waals surface area (Å²) < 4.78 is 11.1. The number of likely N-dealkylation sites (tertiary alicyclic amines) is 1. The molecule has 1 aliphatic rings. The number of ether oxygens (including phenoxy) is 2. The molecule has 0 bridgehead atoms. The van der Waals surface area contributed by atoms with Crippen molar-refractivity contribution in [2.45, 2.75) is 33.4 Å². The van der Waals surface area contributed by atoms with Gasteiger partial charge in [0.05, 0.1) is 25.3 Å². The van der Waals surface area contributed by atoms with Gasteiger partial charge in [-0.1, -0.05) is 55.8 Å². The minimum atomic E-state index is -0.729. The lowest BCUT2D eigenvalue weighted by Crippen LogP contribution is -2.29. The van der Waals surface area contributed by atoms with Gasteiger partial charge in [-0.15, -0.1) is 0 Å². The van der Waals surface area contributed by atoms with Crippen LogP contribution in [-0.4, -0.2) is 35.4 Å². The number of benzene rings is 3. The van der Waals surface area contributed by atoms with Crippen molar-refractivity contribution in [1.82, 2.24) is 4.90 Å². The first-order chi connectivity index (χ1) is 17.3. The van der Waals surface area contributed by atoms with Crippen molar-refractivity contribution in [2.24, 2.45) is 5.92 Å². The number of hydrogen-bond donors (Lipinski definition) is 1. The van der Waals surface area contributed by atoms with Crippen LogP contribution in [0.3, 0.4) is 0 Å². The molecule has 6 nitrogen and oxygen atoms in total. The maximum absolute atomic E-state index is 13.3. The zero-order valence-corrected chi connectivity index (χ0v) is 21.0. The van der Waals surface area contributed by atoms with E-state index in [1.165, 1.54) is 4.90 Å². The summed E-state index contributed by atoms with van der Waals surface area (Å²) in [6.07, 6.45) is 0. The molecule has 0 radical (unpaired) electrons. The SMILES string of the molecule is COc1cccc(CN2C(=O)C(=O)/C(=C(\O)c3ccc(OCC(C)C)cc3)C2c2cccc(C)c2)c1. The highest BCUT2D eigenvalue weighted by Crippen LogP contribution is 2.40. The van der Waals surface area contributed by atoms with Crippen LogP contribution in [0.5, 0.6) is 11.5 Å². The van der Waals surface area contributed by atoms with Gasteiger partial charge in [-0.25, -0.2) is 0 Å². The number of nitrogens with zero attached hydrogens (tertiary/aromatic N) is 1. The Balaban J connectivity index is 1.76. The summed E-state index contributed by atoms with van der Waals surface area (Å²) in [4.78, 5) is 28.1. The highest BCUT2D eigenvalue weighted by atomic mass is 16.5. The van der Waals surface area contributed by atoms with Crippen molar-refractivity contribution in [3.63, 3.8) is 0 Å². The lowest BCUT2D eigenvalue weighted by atomic mass is 9.94. The van der Waals surface area contributed by atoms with Crippen LogP contribution in [0.1, 0.15) is 42.1 Å². The number of aliphatic hydroxyl groups is 1. The van der Waals surface area contributed by atoms with Crippen LogP contribution >= 0.6 is 0 Å². The van der Waals surface area contributed by atoms with Gasteiger partial charge in [-0.3, -0.25) is 9.59 Å². The average Bonchev–Trinajstić information content (AvgIpc) is 3.12. The smallest absolute Gasteiger partial charge is 0.295 e. The fraction of sp³-hybridized carbons (Fsp3) is 0.267. The molecule has 1 fully saturated rings. The third-order valence-corrected chi connectivity index (χ3v) is 6.10. The van der Waals surface area contributed by atoms with E-state index in [1.54, 1.807) is 31.4 Å². The standard InChI is InChI=1S/C30H31NO5/c1-19(2)18-36-24-13-11-22(12-14-24)28(32)26-27(23-9-5-7-20(3)15-23)31(30(34)29(26)33)17-21-8-6-10-25(16-21)35-4/h5-16,19,27,32H,17-18H2,1-4H3/b28-26-. The largest absolute Gasteiger partial charge is 0.507 e. The first-order valence-corrected chi connectivity index (χ1v) is 12.0. The molecule has 3 aromatic carbocycles. The second-order valence-electron chi connectivity index (χ2n) is 9.42. The van der Waals surface area contributed by atoms with E-state index in [1.807, 2.05) is 55.5 Å². The Labute approximate surface area is 211 Å². The summed E-state index contributed by atoms with van der Waals surface area (Å²) in [5, 5.41) is 11.3. The molecule has 0 saturated carbocycles. The molecule has 3 aromatic rings. The highest BCUT2D eigenvalue weighted by molar-refractivity contribution is 6.46. The van der Waals surface area contributed by atoms with Crippen molar-refractivity contribution >= 4 is 17.4 Å². The molecule has 0 aliphatic carbocycles. The summed E-state index contributed by atoms with van der Waals surface area (Å²) >= 11 is 0. The molecule has 6 heteroatoms. The third-order valence-electron chi connectivity index (χ3n) is 6.10. The fourth-order valence-corrected chi connectivity index (χ4v) is 4.32. The van der Waals surface area contributed by atoms with E-state index >= 15 is 0 Å². The summed E-state index contributed by atoms with van der Waals surface area (Å²) in [5.41, 5.74) is 3.09. The summed E-state index contributed by atoms with van der Waals surface area (Å²) in [6.45, 7) is 6.85. The first-order valence-electron chi connectivity index (χ1n) is 12.0. The fourth-order valence-electron chi connectivity index (χ4n) is 4.32. The molecule has 4 rings (SSSR count). The predicted molar refractivity (Wildman–Crippen MR) is 139 cm³/mol. The van der Waals surface area contributed by atoms with Gasteiger partial charge in [0.25, 0.3) is 11.7 Å². The summed E-state index contributed by atoms with van der Waals surface area (Å²) in [5.74, 6) is 0.158. The normalized spacial score (nSPS) is 17.0. The average molecular weight is 486 g/mol. The topological polar surface area (TPSA) is 76.1 Å². The number of carbonyl (C=O) groups excluding carboxylic acids is 2. The molecule has 1 unspecified atom stereocenters. The van der Waals surface area contributed by atoms with Crippen LogP contribution < -0.4 is 9.47 Å². The molecule has 1 amide bonds. The van der Waals surface area contributed by atoms with Crippen LogP contribution in [0.2, 0.25) is 0 Å². The lowest BCUT2D eigenvalue weighted by molar-refractivity contribution is -0.140. The zero-order valence-electron chi connectivity index (χ0n) is 21.0. The number of amides is 1. The van der Waals surface area contributed by atoms with Gasteiger partial charge in [0.1, 0.15) is 17.3 Å². The van der Waals surface area contributed by atoms with Crippen LogP contribution in [-0.2, 0) is 16.1 Å². The predicted octanol–water partition coefficient (Wildman–Crippen LogP) is 5.66. The maximum Gasteiger partial charge on any atom is 0.295 e. The van der Waals surface area contributed by atoms with E-state index in [2.05, 4.69) is 13.8 Å². The van der Waals surface area contributed by atoms with Gasteiger partial charge >= 0.3 is 0 Å². The van der Waals surface area contributed by atoms with Gasteiger partial charge in [-0.2, -0.15) is 0 Å². The number of rotatable bonds is 8. The molecule has 1 saturated heterocycles. The molecule has 186 valence electrons. The van der Waals surface area contributed by atoms with Crippen molar-refractivity contribution in [3.8, 4) is 11.5 Å². The minimum absolute atomic E-state index is 0.0735. The second kappa shape index (κ2) is 10.7. The number of Topliss-reactive ketones (excluding diaryl/α,β-unsaturated/α-hetero) is 1. The van der Waals surface area contributed by atoms with Crippen LogP contribution in [0.15, 0.2) is 78.4 Å². The third kappa shape index (κ3) is 5.28. The molecule has 1 N–H and O–H groups in total. The number of ketones is 1. The Bertz CT molecular complexity index is 1290. The van der Waals surface area contributed by atoms with Crippen molar-refractivity contribution in [2.75, 3.05) is 13.7 Å². The van der Waals surface area contributed by atoms with Crippen molar-refractivity contribution in [3.05, 3.63) is 101 Å². The Morgan fingerprint density at radius 2 is 1.69 bits per heavy atom. The second-order valence-corrected chi connectivity index (χ2v) is 9.42. The van der Waals surface area contributed by atoms with Gasteiger partial charge < -0.3 is 19.5 Å². The van der Waals surface area contributed by atoms with Crippen LogP contribution in [0.4, 0.5) is 0 Å². The van der Waals surface area contributed by atoms with E-state index in [0.29, 0.717) is 29.6 Å². The summed E-state index contributed by atoms with van der Waals surface area (Å²) in [7, 11) is 1.58. The number of carbonyl (C=O) groups is 2. The van der Waals surface area contributed by atoms with Gasteiger partial charge in [0.15, 0.2) is 0 Å². The molecule has 1 heterocycles. The molecule has 0 aromatic heterocycles. The number of methoxy groups -OCH3 is 1. The van der Waals surface area contributed by atoms with E-state index in [9.17, 15) is 14.7 Å². The molecular weight excluding hydrogens is 454 g/mol. The Kier molecular flexibility index (Phi) is 7.44. The number of aliphatic hydroxyl groups excluding tert-OH is 1. The van der Waals surface area contributed by atoms with E-state index in [-0.39, 0.29) is 17.9 Å². The molecule has 1 aliphatic heterocycles. The quantitative estimate of drug-likeness (QED) is 0.253.